The molecule has 1 aromatic carbocycles. The summed E-state index contributed by atoms with van der Waals surface area (Å²) >= 11 is 0. The maximum absolute atomic E-state index is 4.23. The van der Waals surface area contributed by atoms with Gasteiger partial charge in [0.1, 0.15) is 0 Å². The standard InChI is InChI=1S/C18H29N/c1-5-15(3)18-14-16(6-2)11-12-17(18)10-8-7-9-13-19-4/h11-12,14,19H,3,5-10,13H2,1-2,4H3. The van der Waals surface area contributed by atoms with E-state index in [4.69, 9.17) is 0 Å². The van der Waals surface area contributed by atoms with Gasteiger partial charge in [-0.2, -0.15) is 0 Å². The lowest BCUT2D eigenvalue weighted by atomic mass is 9.93. The van der Waals surface area contributed by atoms with E-state index in [1.807, 2.05) is 7.05 Å². The highest BCUT2D eigenvalue weighted by Gasteiger charge is 2.06. The van der Waals surface area contributed by atoms with E-state index in [-0.39, 0.29) is 0 Å². The van der Waals surface area contributed by atoms with Crippen molar-refractivity contribution in [2.75, 3.05) is 13.6 Å². The van der Waals surface area contributed by atoms with Gasteiger partial charge in [-0.05, 0) is 68.0 Å². The van der Waals surface area contributed by atoms with E-state index in [1.165, 1.54) is 47.9 Å². The summed E-state index contributed by atoms with van der Waals surface area (Å²) < 4.78 is 0. The third-order valence-corrected chi connectivity index (χ3v) is 3.76. The van der Waals surface area contributed by atoms with E-state index < -0.39 is 0 Å². The van der Waals surface area contributed by atoms with Crippen LogP contribution in [0.4, 0.5) is 0 Å². The van der Waals surface area contributed by atoms with Crippen molar-refractivity contribution in [1.82, 2.24) is 5.32 Å². The Morgan fingerprint density at radius 1 is 1.16 bits per heavy atom. The topological polar surface area (TPSA) is 12.0 Å². The molecule has 0 bridgehead atoms. The molecule has 0 saturated carbocycles. The molecule has 0 saturated heterocycles. The number of aryl methyl sites for hydroxylation is 2. The van der Waals surface area contributed by atoms with Crippen molar-refractivity contribution in [3.8, 4) is 0 Å². The minimum atomic E-state index is 1.04. The van der Waals surface area contributed by atoms with Gasteiger partial charge in [-0.15, -0.1) is 0 Å². The van der Waals surface area contributed by atoms with E-state index in [0.29, 0.717) is 0 Å². The predicted octanol–water partition coefficient (Wildman–Crippen LogP) is 4.60. The molecule has 1 N–H and O–H groups in total. The Morgan fingerprint density at radius 2 is 1.95 bits per heavy atom. The zero-order chi connectivity index (χ0) is 14.1. The molecule has 0 aliphatic rings. The maximum atomic E-state index is 4.23. The fourth-order valence-electron chi connectivity index (χ4n) is 2.38. The third kappa shape index (κ3) is 5.20. The van der Waals surface area contributed by atoms with Crippen molar-refractivity contribution >= 4 is 5.57 Å². The second-order valence-electron chi connectivity index (χ2n) is 5.22. The molecule has 0 heterocycles. The van der Waals surface area contributed by atoms with Gasteiger partial charge in [0.15, 0.2) is 0 Å². The van der Waals surface area contributed by atoms with Gasteiger partial charge in [-0.3, -0.25) is 0 Å². The Hall–Kier alpha value is -1.08. The number of benzene rings is 1. The first-order valence-electron chi connectivity index (χ1n) is 7.67. The fraction of sp³-hybridized carbons (Fsp3) is 0.556. The molecule has 1 nitrogen and oxygen atoms in total. The minimum absolute atomic E-state index is 1.04. The summed E-state index contributed by atoms with van der Waals surface area (Å²) in [5.41, 5.74) is 5.58. The summed E-state index contributed by atoms with van der Waals surface area (Å²) in [5.74, 6) is 0. The molecule has 0 fully saturated rings. The molecule has 1 aromatic rings. The van der Waals surface area contributed by atoms with Crippen LogP contribution in [-0.4, -0.2) is 13.6 Å². The molecule has 1 heteroatoms. The molecule has 0 unspecified atom stereocenters. The van der Waals surface area contributed by atoms with E-state index >= 15 is 0 Å². The number of hydrogen-bond acceptors (Lipinski definition) is 1. The predicted molar refractivity (Wildman–Crippen MR) is 86.6 cm³/mol. The van der Waals surface area contributed by atoms with E-state index in [2.05, 4.69) is 43.9 Å². The lowest BCUT2D eigenvalue weighted by molar-refractivity contribution is 0.642. The lowest BCUT2D eigenvalue weighted by Crippen LogP contribution is -2.07. The fourth-order valence-corrected chi connectivity index (χ4v) is 2.38. The summed E-state index contributed by atoms with van der Waals surface area (Å²) in [6, 6.07) is 6.93. The van der Waals surface area contributed by atoms with Crippen LogP contribution in [0, 0.1) is 0 Å². The number of rotatable bonds is 9. The molecule has 0 atom stereocenters. The van der Waals surface area contributed by atoms with E-state index in [9.17, 15) is 0 Å². The molecule has 19 heavy (non-hydrogen) atoms. The van der Waals surface area contributed by atoms with Crippen molar-refractivity contribution in [1.29, 1.82) is 0 Å². The first kappa shape index (κ1) is 16.0. The normalized spacial score (nSPS) is 10.7. The summed E-state index contributed by atoms with van der Waals surface area (Å²) in [5, 5.41) is 3.21. The van der Waals surface area contributed by atoms with Gasteiger partial charge in [-0.25, -0.2) is 0 Å². The number of allylic oxidation sites excluding steroid dienone is 1. The van der Waals surface area contributed by atoms with Crippen LogP contribution < -0.4 is 5.32 Å². The van der Waals surface area contributed by atoms with Crippen LogP contribution in [0.1, 0.15) is 56.2 Å². The monoisotopic (exact) mass is 259 g/mol. The Balaban J connectivity index is 2.67. The Kier molecular flexibility index (Phi) is 7.50. The molecule has 0 radical (unpaired) electrons. The third-order valence-electron chi connectivity index (χ3n) is 3.76. The number of hydrogen-bond donors (Lipinski definition) is 1. The summed E-state index contributed by atoms with van der Waals surface area (Å²) in [4.78, 5) is 0. The second kappa shape index (κ2) is 8.92. The van der Waals surface area contributed by atoms with Gasteiger partial charge in [0, 0.05) is 0 Å². The van der Waals surface area contributed by atoms with Crippen molar-refractivity contribution in [3.05, 3.63) is 41.5 Å². The van der Waals surface area contributed by atoms with Crippen LogP contribution in [-0.2, 0) is 12.8 Å². The van der Waals surface area contributed by atoms with Crippen molar-refractivity contribution in [3.63, 3.8) is 0 Å². The molecule has 1 rings (SSSR count). The first-order valence-corrected chi connectivity index (χ1v) is 7.67. The number of nitrogens with one attached hydrogen (secondary N) is 1. The Labute approximate surface area is 119 Å². The molecule has 0 aliphatic carbocycles. The Bertz CT molecular complexity index is 393. The average Bonchev–Trinajstić information content (AvgIpc) is 2.46. The highest BCUT2D eigenvalue weighted by molar-refractivity contribution is 5.66. The molecule has 0 spiro atoms. The van der Waals surface area contributed by atoms with Gasteiger partial charge in [0.2, 0.25) is 0 Å². The van der Waals surface area contributed by atoms with Gasteiger partial charge in [0.25, 0.3) is 0 Å². The van der Waals surface area contributed by atoms with E-state index in [0.717, 1.165) is 19.4 Å². The highest BCUT2D eigenvalue weighted by atomic mass is 14.8. The zero-order valence-electron chi connectivity index (χ0n) is 12.9. The van der Waals surface area contributed by atoms with Gasteiger partial charge in [0.05, 0.1) is 0 Å². The zero-order valence-corrected chi connectivity index (χ0v) is 12.9. The Morgan fingerprint density at radius 3 is 2.58 bits per heavy atom. The largest absolute Gasteiger partial charge is 0.320 e. The minimum Gasteiger partial charge on any atom is -0.320 e. The summed E-state index contributed by atoms with van der Waals surface area (Å²) in [6.45, 7) is 9.76. The SMILES string of the molecule is C=C(CC)c1cc(CC)ccc1CCCCCNC. The van der Waals surface area contributed by atoms with Crippen LogP contribution in [0.15, 0.2) is 24.8 Å². The maximum Gasteiger partial charge on any atom is -0.00519 e. The van der Waals surface area contributed by atoms with Gasteiger partial charge in [-0.1, -0.05) is 45.0 Å². The molecule has 0 amide bonds. The van der Waals surface area contributed by atoms with Gasteiger partial charge >= 0.3 is 0 Å². The lowest BCUT2D eigenvalue weighted by Gasteiger charge is -2.13. The summed E-state index contributed by atoms with van der Waals surface area (Å²) in [7, 11) is 2.02. The molecule has 0 aliphatic heterocycles. The molecule has 0 aromatic heterocycles. The first-order chi connectivity index (χ1) is 9.22. The van der Waals surface area contributed by atoms with Crippen molar-refractivity contribution < 1.29 is 0 Å². The van der Waals surface area contributed by atoms with Gasteiger partial charge < -0.3 is 5.32 Å². The van der Waals surface area contributed by atoms with Crippen LogP contribution >= 0.6 is 0 Å². The van der Waals surface area contributed by atoms with Crippen LogP contribution in [0.5, 0.6) is 0 Å². The smallest absolute Gasteiger partial charge is 0.00519 e. The quantitative estimate of drug-likeness (QED) is 0.639. The molecular formula is C18H29N. The van der Waals surface area contributed by atoms with Crippen molar-refractivity contribution in [2.24, 2.45) is 0 Å². The molecular weight excluding hydrogens is 230 g/mol. The van der Waals surface area contributed by atoms with Crippen LogP contribution in [0.3, 0.4) is 0 Å². The van der Waals surface area contributed by atoms with Crippen LogP contribution in [0.2, 0.25) is 0 Å². The molecule has 106 valence electrons. The van der Waals surface area contributed by atoms with E-state index in [1.54, 1.807) is 0 Å². The number of unbranched alkanes of at least 4 members (excludes halogenated alkanes) is 2. The van der Waals surface area contributed by atoms with Crippen LogP contribution in [0.25, 0.3) is 5.57 Å². The summed E-state index contributed by atoms with van der Waals surface area (Å²) in [6.07, 6.45) is 7.17. The van der Waals surface area contributed by atoms with Crippen molar-refractivity contribution in [2.45, 2.75) is 52.4 Å². The highest BCUT2D eigenvalue weighted by Crippen LogP contribution is 2.24. The second-order valence-corrected chi connectivity index (χ2v) is 5.22. The average molecular weight is 259 g/mol.